The third kappa shape index (κ3) is 3.17. The summed E-state index contributed by atoms with van der Waals surface area (Å²) in [6.07, 6.45) is 1.87. The van der Waals surface area contributed by atoms with Gasteiger partial charge in [-0.3, -0.25) is 0 Å². The number of aryl methyl sites for hydroxylation is 1. The second kappa shape index (κ2) is 5.93. The Balaban J connectivity index is 2.20. The molecule has 0 fully saturated rings. The molecular formula is C14H18N2O2S. The number of nitrogens with zero attached hydrogens (tertiary/aromatic N) is 1. The van der Waals surface area contributed by atoms with Crippen LogP contribution in [0.5, 0.6) is 11.5 Å². The number of aromatic nitrogens is 1. The van der Waals surface area contributed by atoms with Gasteiger partial charge in [-0.25, -0.2) is 4.98 Å². The van der Waals surface area contributed by atoms with Crippen molar-refractivity contribution < 1.29 is 9.47 Å². The number of benzene rings is 1. The number of ether oxygens (including phenoxy) is 2. The highest BCUT2D eigenvalue weighted by Gasteiger charge is 2.13. The predicted octanol–water partition coefficient (Wildman–Crippen LogP) is 3.64. The predicted molar refractivity (Wildman–Crippen MR) is 78.4 cm³/mol. The molecule has 19 heavy (non-hydrogen) atoms. The molecule has 0 bridgehead atoms. The second-order valence-electron chi connectivity index (χ2n) is 4.25. The van der Waals surface area contributed by atoms with Crippen LogP contribution in [0.2, 0.25) is 0 Å². The molecule has 0 spiro atoms. The van der Waals surface area contributed by atoms with E-state index < -0.39 is 0 Å². The van der Waals surface area contributed by atoms with E-state index in [-0.39, 0.29) is 6.04 Å². The monoisotopic (exact) mass is 278 g/mol. The minimum absolute atomic E-state index is 0.117. The van der Waals surface area contributed by atoms with Crippen LogP contribution in [-0.4, -0.2) is 19.2 Å². The van der Waals surface area contributed by atoms with Gasteiger partial charge in [0, 0.05) is 22.7 Å². The third-order valence-electron chi connectivity index (χ3n) is 2.87. The van der Waals surface area contributed by atoms with E-state index in [0.717, 1.165) is 22.2 Å². The second-order valence-corrected chi connectivity index (χ2v) is 5.48. The van der Waals surface area contributed by atoms with E-state index >= 15 is 0 Å². The van der Waals surface area contributed by atoms with E-state index in [4.69, 9.17) is 9.47 Å². The minimum atomic E-state index is 0.117. The van der Waals surface area contributed by atoms with Gasteiger partial charge in [0.1, 0.15) is 11.5 Å². The summed E-state index contributed by atoms with van der Waals surface area (Å²) in [6, 6.07) is 5.95. The summed E-state index contributed by atoms with van der Waals surface area (Å²) in [5.74, 6) is 1.60. The quantitative estimate of drug-likeness (QED) is 0.906. The number of rotatable bonds is 5. The Kier molecular flexibility index (Phi) is 4.27. The van der Waals surface area contributed by atoms with Crippen molar-refractivity contribution in [3.63, 3.8) is 0 Å². The molecule has 1 aromatic carbocycles. The van der Waals surface area contributed by atoms with E-state index in [9.17, 15) is 0 Å². The van der Waals surface area contributed by atoms with E-state index in [1.807, 2.05) is 31.3 Å². The highest BCUT2D eigenvalue weighted by Crippen LogP contribution is 2.31. The molecule has 102 valence electrons. The third-order valence-corrected chi connectivity index (χ3v) is 3.71. The van der Waals surface area contributed by atoms with Crippen molar-refractivity contribution in [3.8, 4) is 11.5 Å². The van der Waals surface area contributed by atoms with Gasteiger partial charge in [-0.15, -0.1) is 11.3 Å². The molecule has 0 amide bonds. The van der Waals surface area contributed by atoms with Crippen LogP contribution in [0.3, 0.4) is 0 Å². The molecule has 0 saturated heterocycles. The van der Waals surface area contributed by atoms with E-state index in [1.54, 1.807) is 25.6 Å². The molecule has 0 aliphatic rings. The Morgan fingerprint density at radius 2 is 2.05 bits per heavy atom. The highest BCUT2D eigenvalue weighted by atomic mass is 32.1. The molecule has 2 rings (SSSR count). The summed E-state index contributed by atoms with van der Waals surface area (Å²) in [4.78, 5) is 5.50. The summed E-state index contributed by atoms with van der Waals surface area (Å²) < 4.78 is 10.6. The number of anilines is 1. The average Bonchev–Trinajstić information content (AvgIpc) is 2.83. The fourth-order valence-corrected chi connectivity index (χ4v) is 2.61. The lowest BCUT2D eigenvalue weighted by Crippen LogP contribution is -2.08. The number of hydrogen-bond acceptors (Lipinski definition) is 5. The first-order valence-corrected chi connectivity index (χ1v) is 6.86. The smallest absolute Gasteiger partial charge is 0.183 e. The molecule has 0 aliphatic carbocycles. The maximum absolute atomic E-state index is 5.41. The van der Waals surface area contributed by atoms with E-state index in [0.29, 0.717) is 0 Å². The van der Waals surface area contributed by atoms with Crippen molar-refractivity contribution in [1.82, 2.24) is 4.98 Å². The van der Waals surface area contributed by atoms with Gasteiger partial charge in [0.15, 0.2) is 5.13 Å². The SMILES string of the molecule is COc1ccc(C(C)Nc2ncc(C)s2)c(OC)c1. The molecule has 1 heterocycles. The van der Waals surface area contributed by atoms with Gasteiger partial charge in [0.2, 0.25) is 0 Å². The van der Waals surface area contributed by atoms with Crippen molar-refractivity contribution >= 4 is 16.5 Å². The maximum Gasteiger partial charge on any atom is 0.183 e. The Hall–Kier alpha value is -1.75. The highest BCUT2D eigenvalue weighted by molar-refractivity contribution is 7.15. The molecule has 4 nitrogen and oxygen atoms in total. The first-order valence-electron chi connectivity index (χ1n) is 6.05. The van der Waals surface area contributed by atoms with Crippen molar-refractivity contribution in [3.05, 3.63) is 34.8 Å². The standard InChI is InChI=1S/C14H18N2O2S/c1-9-8-15-14(19-9)16-10(2)12-6-5-11(17-3)7-13(12)18-4/h5-8,10H,1-4H3,(H,15,16). The van der Waals surface area contributed by atoms with Crippen molar-refractivity contribution in [2.75, 3.05) is 19.5 Å². The first-order chi connectivity index (χ1) is 9.13. The topological polar surface area (TPSA) is 43.4 Å². The largest absolute Gasteiger partial charge is 0.497 e. The van der Waals surface area contributed by atoms with E-state index in [1.165, 1.54) is 4.88 Å². The van der Waals surface area contributed by atoms with Crippen LogP contribution in [0.15, 0.2) is 24.4 Å². The molecule has 1 N–H and O–H groups in total. The van der Waals surface area contributed by atoms with Crippen LogP contribution in [0.1, 0.15) is 23.4 Å². The minimum Gasteiger partial charge on any atom is -0.497 e. The van der Waals surface area contributed by atoms with Gasteiger partial charge >= 0.3 is 0 Å². The average molecular weight is 278 g/mol. The van der Waals surface area contributed by atoms with Crippen LogP contribution in [0.4, 0.5) is 5.13 Å². The van der Waals surface area contributed by atoms with Gasteiger partial charge in [-0.05, 0) is 26.0 Å². The van der Waals surface area contributed by atoms with Crippen molar-refractivity contribution in [2.24, 2.45) is 0 Å². The van der Waals surface area contributed by atoms with Crippen LogP contribution < -0.4 is 14.8 Å². The number of methoxy groups -OCH3 is 2. The molecule has 1 unspecified atom stereocenters. The fraction of sp³-hybridized carbons (Fsp3) is 0.357. The summed E-state index contributed by atoms with van der Waals surface area (Å²) in [6.45, 7) is 4.13. The first kappa shape index (κ1) is 13.7. The molecule has 0 radical (unpaired) electrons. The zero-order chi connectivity index (χ0) is 13.8. The molecule has 0 aliphatic heterocycles. The lowest BCUT2D eigenvalue weighted by atomic mass is 10.1. The number of hydrogen-bond donors (Lipinski definition) is 1. The Bertz CT molecular complexity index is 554. The number of thiazole rings is 1. The van der Waals surface area contributed by atoms with E-state index in [2.05, 4.69) is 17.2 Å². The Morgan fingerprint density at radius 3 is 2.63 bits per heavy atom. The summed E-state index contributed by atoms with van der Waals surface area (Å²) in [5.41, 5.74) is 1.08. The van der Waals surface area contributed by atoms with Gasteiger partial charge in [0.05, 0.1) is 20.3 Å². The van der Waals surface area contributed by atoms with Crippen LogP contribution in [0, 0.1) is 6.92 Å². The Morgan fingerprint density at radius 1 is 1.26 bits per heavy atom. The van der Waals surface area contributed by atoms with Crippen LogP contribution in [-0.2, 0) is 0 Å². The lowest BCUT2D eigenvalue weighted by molar-refractivity contribution is 0.390. The molecule has 5 heteroatoms. The summed E-state index contributed by atoms with van der Waals surface area (Å²) in [5, 5.41) is 4.30. The normalized spacial score (nSPS) is 12.0. The molecule has 2 aromatic rings. The van der Waals surface area contributed by atoms with Crippen molar-refractivity contribution in [1.29, 1.82) is 0 Å². The summed E-state index contributed by atoms with van der Waals surface area (Å²) in [7, 11) is 3.31. The van der Waals surface area contributed by atoms with Crippen LogP contribution in [0.25, 0.3) is 0 Å². The number of nitrogens with one attached hydrogen (secondary N) is 1. The Labute approximate surface area is 117 Å². The molecular weight excluding hydrogens is 260 g/mol. The van der Waals surface area contributed by atoms with Gasteiger partial charge in [0.25, 0.3) is 0 Å². The van der Waals surface area contributed by atoms with Crippen LogP contribution >= 0.6 is 11.3 Å². The molecule has 0 saturated carbocycles. The van der Waals surface area contributed by atoms with Crippen molar-refractivity contribution in [2.45, 2.75) is 19.9 Å². The summed E-state index contributed by atoms with van der Waals surface area (Å²) >= 11 is 1.64. The molecule has 1 aromatic heterocycles. The molecule has 1 atom stereocenters. The zero-order valence-corrected chi connectivity index (χ0v) is 12.4. The zero-order valence-electron chi connectivity index (χ0n) is 11.6. The van der Waals surface area contributed by atoms with Gasteiger partial charge < -0.3 is 14.8 Å². The maximum atomic E-state index is 5.41. The lowest BCUT2D eigenvalue weighted by Gasteiger charge is -2.17. The van der Waals surface area contributed by atoms with Gasteiger partial charge in [-0.2, -0.15) is 0 Å². The fourth-order valence-electron chi connectivity index (χ4n) is 1.86. The van der Waals surface area contributed by atoms with Gasteiger partial charge in [-0.1, -0.05) is 0 Å².